The van der Waals surface area contributed by atoms with Crippen LogP contribution in [0.5, 0.6) is 5.88 Å². The summed E-state index contributed by atoms with van der Waals surface area (Å²) >= 11 is 0. The van der Waals surface area contributed by atoms with Crippen LogP contribution in [0.4, 0.5) is 0 Å². The summed E-state index contributed by atoms with van der Waals surface area (Å²) in [4.78, 5) is 30.5. The second-order valence-electron chi connectivity index (χ2n) is 5.01. The zero-order valence-electron chi connectivity index (χ0n) is 12.8. The fourth-order valence-electron chi connectivity index (χ4n) is 2.18. The molecular formula is C16H18N2O5. The van der Waals surface area contributed by atoms with Gasteiger partial charge in [0.2, 0.25) is 5.88 Å². The number of ether oxygens (including phenoxy) is 1. The predicted molar refractivity (Wildman–Crippen MR) is 82.4 cm³/mol. The number of hydrogen-bond donors (Lipinski definition) is 2. The highest BCUT2D eigenvalue weighted by Crippen LogP contribution is 2.20. The minimum absolute atomic E-state index is 0.116. The molecule has 0 saturated carbocycles. The molecule has 0 aliphatic heterocycles. The van der Waals surface area contributed by atoms with Gasteiger partial charge in [-0.2, -0.15) is 0 Å². The molecule has 1 heterocycles. The van der Waals surface area contributed by atoms with Crippen LogP contribution in [0.25, 0.3) is 11.0 Å². The Morgan fingerprint density at radius 3 is 2.65 bits per heavy atom. The number of rotatable bonds is 7. The van der Waals surface area contributed by atoms with E-state index in [0.29, 0.717) is 49.0 Å². The van der Waals surface area contributed by atoms with Crippen molar-refractivity contribution in [2.45, 2.75) is 32.6 Å². The molecule has 0 fully saturated rings. The summed E-state index contributed by atoms with van der Waals surface area (Å²) in [5.41, 5.74) is 1.36. The summed E-state index contributed by atoms with van der Waals surface area (Å²) < 4.78 is 4.84. The quantitative estimate of drug-likeness (QED) is 0.595. The van der Waals surface area contributed by atoms with Crippen LogP contribution in [-0.2, 0) is 16.0 Å². The summed E-state index contributed by atoms with van der Waals surface area (Å²) in [5, 5.41) is 18.9. The van der Waals surface area contributed by atoms with Crippen molar-refractivity contribution < 1.29 is 24.5 Å². The van der Waals surface area contributed by atoms with Gasteiger partial charge in [0.1, 0.15) is 5.69 Å². The fourth-order valence-corrected chi connectivity index (χ4v) is 2.18. The lowest BCUT2D eigenvalue weighted by atomic mass is 10.1. The maximum Gasteiger partial charge on any atom is 0.335 e. The Morgan fingerprint density at radius 2 is 1.96 bits per heavy atom. The smallest absolute Gasteiger partial charge is 0.335 e. The lowest BCUT2D eigenvalue weighted by Crippen LogP contribution is -2.04. The van der Waals surface area contributed by atoms with Crippen LogP contribution in [0.3, 0.4) is 0 Å². The largest absolute Gasteiger partial charge is 0.492 e. The summed E-state index contributed by atoms with van der Waals surface area (Å²) in [5.74, 6) is -1.46. The zero-order valence-corrected chi connectivity index (χ0v) is 12.8. The van der Waals surface area contributed by atoms with Gasteiger partial charge in [0.05, 0.1) is 23.2 Å². The van der Waals surface area contributed by atoms with Gasteiger partial charge in [-0.1, -0.05) is 0 Å². The molecule has 2 rings (SSSR count). The zero-order chi connectivity index (χ0) is 16.8. The number of carboxylic acids is 1. The average Bonchev–Trinajstić information content (AvgIpc) is 2.51. The summed E-state index contributed by atoms with van der Waals surface area (Å²) in [6.45, 7) is 2.12. The number of carboxylic acid groups (broad SMARTS) is 1. The van der Waals surface area contributed by atoms with Crippen molar-refractivity contribution in [2.75, 3.05) is 6.61 Å². The Morgan fingerprint density at radius 1 is 1.17 bits per heavy atom. The van der Waals surface area contributed by atoms with Crippen molar-refractivity contribution in [1.29, 1.82) is 0 Å². The van der Waals surface area contributed by atoms with E-state index in [4.69, 9.17) is 9.84 Å². The van der Waals surface area contributed by atoms with Crippen molar-refractivity contribution >= 4 is 23.0 Å². The van der Waals surface area contributed by atoms with Crippen LogP contribution < -0.4 is 0 Å². The SMILES string of the molecule is CCOC(=O)CCCCc1nc2cc(C(=O)O)ccc2nc1O. The van der Waals surface area contributed by atoms with E-state index in [-0.39, 0.29) is 17.4 Å². The summed E-state index contributed by atoms with van der Waals surface area (Å²) in [6.07, 6.45) is 2.03. The highest BCUT2D eigenvalue weighted by Gasteiger charge is 2.11. The average molecular weight is 318 g/mol. The van der Waals surface area contributed by atoms with Crippen molar-refractivity contribution in [3.63, 3.8) is 0 Å². The van der Waals surface area contributed by atoms with E-state index in [2.05, 4.69) is 9.97 Å². The number of carbonyl (C=O) groups is 2. The number of hydrogen-bond acceptors (Lipinski definition) is 6. The van der Waals surface area contributed by atoms with Crippen LogP contribution >= 0.6 is 0 Å². The first-order valence-electron chi connectivity index (χ1n) is 7.39. The number of fused-ring (bicyclic) bond motifs is 1. The van der Waals surface area contributed by atoms with E-state index in [1.54, 1.807) is 6.92 Å². The van der Waals surface area contributed by atoms with Gasteiger partial charge >= 0.3 is 11.9 Å². The van der Waals surface area contributed by atoms with Gasteiger partial charge in [0, 0.05) is 6.42 Å². The third kappa shape index (κ3) is 4.38. The monoisotopic (exact) mass is 318 g/mol. The molecule has 0 saturated heterocycles. The molecule has 0 unspecified atom stereocenters. The minimum atomic E-state index is -1.04. The van der Waals surface area contributed by atoms with Crippen LogP contribution in [-0.4, -0.2) is 38.7 Å². The minimum Gasteiger partial charge on any atom is -0.492 e. The number of aromatic hydroxyl groups is 1. The Bertz CT molecular complexity index is 730. The molecule has 122 valence electrons. The standard InChI is InChI=1S/C16H18N2O5/c1-2-23-14(19)6-4-3-5-12-15(20)18-11-8-7-10(16(21)22)9-13(11)17-12/h7-9H,2-6H2,1H3,(H,18,20)(H,21,22). The maximum atomic E-state index is 11.2. The topological polar surface area (TPSA) is 110 Å². The van der Waals surface area contributed by atoms with Crippen LogP contribution in [0.2, 0.25) is 0 Å². The number of nitrogens with zero attached hydrogens (tertiary/aromatic N) is 2. The number of carbonyl (C=O) groups excluding carboxylic acids is 1. The van der Waals surface area contributed by atoms with Crippen LogP contribution in [0.1, 0.15) is 42.2 Å². The van der Waals surface area contributed by atoms with Gasteiger partial charge in [-0.25, -0.2) is 14.8 Å². The van der Waals surface area contributed by atoms with Crippen molar-refractivity contribution in [1.82, 2.24) is 9.97 Å². The first-order valence-corrected chi connectivity index (χ1v) is 7.39. The van der Waals surface area contributed by atoms with Gasteiger partial charge in [-0.15, -0.1) is 0 Å². The highest BCUT2D eigenvalue weighted by atomic mass is 16.5. The van der Waals surface area contributed by atoms with Gasteiger partial charge in [0.15, 0.2) is 0 Å². The Kier molecular flexibility index (Phi) is 5.46. The second-order valence-corrected chi connectivity index (χ2v) is 5.01. The van der Waals surface area contributed by atoms with Crippen LogP contribution in [0.15, 0.2) is 18.2 Å². The van der Waals surface area contributed by atoms with E-state index in [1.165, 1.54) is 18.2 Å². The molecular weight excluding hydrogens is 300 g/mol. The molecule has 7 nitrogen and oxygen atoms in total. The van der Waals surface area contributed by atoms with Gasteiger partial charge < -0.3 is 14.9 Å². The lowest BCUT2D eigenvalue weighted by molar-refractivity contribution is -0.143. The molecule has 23 heavy (non-hydrogen) atoms. The maximum absolute atomic E-state index is 11.2. The molecule has 1 aromatic carbocycles. The molecule has 7 heteroatoms. The third-order valence-corrected chi connectivity index (χ3v) is 3.31. The fraction of sp³-hybridized carbons (Fsp3) is 0.375. The molecule has 2 aromatic rings. The first kappa shape index (κ1) is 16.7. The molecule has 0 radical (unpaired) electrons. The Labute approximate surface area is 132 Å². The van der Waals surface area contributed by atoms with E-state index in [9.17, 15) is 14.7 Å². The van der Waals surface area contributed by atoms with E-state index < -0.39 is 5.97 Å². The summed E-state index contributed by atoms with van der Waals surface area (Å²) in [7, 11) is 0. The number of unbranched alkanes of at least 4 members (excludes halogenated alkanes) is 1. The Hall–Kier alpha value is -2.70. The second kappa shape index (κ2) is 7.53. The molecule has 0 amide bonds. The van der Waals surface area contributed by atoms with E-state index in [0.717, 1.165) is 0 Å². The van der Waals surface area contributed by atoms with Gasteiger partial charge in [-0.3, -0.25) is 4.79 Å². The van der Waals surface area contributed by atoms with Crippen molar-refractivity contribution in [3.05, 3.63) is 29.5 Å². The number of benzene rings is 1. The highest BCUT2D eigenvalue weighted by molar-refractivity contribution is 5.92. The van der Waals surface area contributed by atoms with Crippen LogP contribution in [0, 0.1) is 0 Å². The number of esters is 1. The number of aromatic nitrogens is 2. The Balaban J connectivity index is 2.06. The normalized spacial score (nSPS) is 10.7. The van der Waals surface area contributed by atoms with E-state index in [1.807, 2.05) is 0 Å². The van der Waals surface area contributed by atoms with Crippen molar-refractivity contribution in [3.8, 4) is 5.88 Å². The molecule has 0 aliphatic carbocycles. The molecule has 2 N–H and O–H groups in total. The van der Waals surface area contributed by atoms with Gasteiger partial charge in [0.25, 0.3) is 0 Å². The lowest BCUT2D eigenvalue weighted by Gasteiger charge is -2.06. The van der Waals surface area contributed by atoms with E-state index >= 15 is 0 Å². The van der Waals surface area contributed by atoms with Crippen molar-refractivity contribution in [2.24, 2.45) is 0 Å². The number of aryl methyl sites for hydroxylation is 1. The molecule has 1 aromatic heterocycles. The molecule has 0 spiro atoms. The molecule has 0 bridgehead atoms. The molecule has 0 aliphatic rings. The third-order valence-electron chi connectivity index (χ3n) is 3.31. The van der Waals surface area contributed by atoms with Gasteiger partial charge in [-0.05, 0) is 44.4 Å². The first-order chi connectivity index (χ1) is 11.0. The predicted octanol–water partition coefficient (Wildman–Crippen LogP) is 2.31. The number of aromatic carboxylic acids is 1. The molecule has 0 atom stereocenters. The summed E-state index contributed by atoms with van der Waals surface area (Å²) in [6, 6.07) is 4.35.